The molecule has 0 radical (unpaired) electrons. The molecule has 2 aromatic heterocycles. The number of hydrogen-bond acceptors (Lipinski definition) is 5. The van der Waals surface area contributed by atoms with E-state index in [1.165, 1.54) is 0 Å². The van der Waals surface area contributed by atoms with E-state index in [-0.39, 0.29) is 0 Å². The summed E-state index contributed by atoms with van der Waals surface area (Å²) in [4.78, 5) is 18.8. The minimum Gasteiger partial charge on any atom is -0.341 e. The van der Waals surface area contributed by atoms with Gasteiger partial charge >= 0.3 is 0 Å². The van der Waals surface area contributed by atoms with Crippen molar-refractivity contribution in [1.29, 1.82) is 0 Å². The SMILES string of the molecule is CN(C)CCSc1nc(-c2ccccc2)nc2nc[nH]c12. The van der Waals surface area contributed by atoms with E-state index in [2.05, 4.69) is 33.9 Å². The predicted octanol–water partition coefficient (Wildman–Crippen LogP) is 2.67. The first-order valence-corrected chi connectivity index (χ1v) is 7.76. The van der Waals surface area contributed by atoms with Gasteiger partial charge in [-0.25, -0.2) is 15.0 Å². The lowest BCUT2D eigenvalue weighted by molar-refractivity contribution is 0.437. The zero-order chi connectivity index (χ0) is 14.7. The van der Waals surface area contributed by atoms with E-state index in [0.717, 1.165) is 39.9 Å². The summed E-state index contributed by atoms with van der Waals surface area (Å²) >= 11 is 1.73. The lowest BCUT2D eigenvalue weighted by Crippen LogP contribution is -2.14. The summed E-state index contributed by atoms with van der Waals surface area (Å²) in [7, 11) is 4.14. The lowest BCUT2D eigenvalue weighted by Gasteiger charge is -2.09. The van der Waals surface area contributed by atoms with Gasteiger partial charge in [-0.05, 0) is 14.1 Å². The maximum atomic E-state index is 4.70. The molecule has 0 saturated heterocycles. The van der Waals surface area contributed by atoms with Crippen molar-refractivity contribution < 1.29 is 0 Å². The molecule has 3 rings (SSSR count). The fourth-order valence-corrected chi connectivity index (χ4v) is 3.05. The van der Waals surface area contributed by atoms with Gasteiger partial charge in [0.2, 0.25) is 0 Å². The van der Waals surface area contributed by atoms with Crippen molar-refractivity contribution >= 4 is 22.9 Å². The van der Waals surface area contributed by atoms with E-state index >= 15 is 0 Å². The van der Waals surface area contributed by atoms with Gasteiger partial charge < -0.3 is 9.88 Å². The van der Waals surface area contributed by atoms with Gasteiger partial charge in [-0.3, -0.25) is 0 Å². The molecular formula is C15H17N5S. The minimum atomic E-state index is 0.719. The first-order valence-electron chi connectivity index (χ1n) is 6.78. The van der Waals surface area contributed by atoms with Gasteiger partial charge in [-0.15, -0.1) is 11.8 Å². The van der Waals surface area contributed by atoms with E-state index < -0.39 is 0 Å². The summed E-state index contributed by atoms with van der Waals surface area (Å²) in [6.07, 6.45) is 1.67. The van der Waals surface area contributed by atoms with Crippen LogP contribution in [0.4, 0.5) is 0 Å². The Morgan fingerprint density at radius 2 is 1.95 bits per heavy atom. The molecule has 0 fully saturated rings. The number of fused-ring (bicyclic) bond motifs is 1. The number of aromatic amines is 1. The smallest absolute Gasteiger partial charge is 0.182 e. The van der Waals surface area contributed by atoms with E-state index in [0.29, 0.717) is 0 Å². The van der Waals surface area contributed by atoms with Crippen LogP contribution in [0.1, 0.15) is 0 Å². The first kappa shape index (κ1) is 14.0. The maximum Gasteiger partial charge on any atom is 0.182 e. The van der Waals surface area contributed by atoms with Crippen LogP contribution < -0.4 is 0 Å². The van der Waals surface area contributed by atoms with Crippen LogP contribution in [0.25, 0.3) is 22.6 Å². The molecular weight excluding hydrogens is 282 g/mol. The van der Waals surface area contributed by atoms with Crippen LogP contribution >= 0.6 is 11.8 Å². The highest BCUT2D eigenvalue weighted by Crippen LogP contribution is 2.26. The van der Waals surface area contributed by atoms with Crippen LogP contribution in [0.5, 0.6) is 0 Å². The van der Waals surface area contributed by atoms with E-state index in [4.69, 9.17) is 4.98 Å². The minimum absolute atomic E-state index is 0.719. The molecule has 5 nitrogen and oxygen atoms in total. The largest absolute Gasteiger partial charge is 0.341 e. The van der Waals surface area contributed by atoms with Crippen molar-refractivity contribution in [2.24, 2.45) is 0 Å². The van der Waals surface area contributed by atoms with Crippen molar-refractivity contribution in [3.8, 4) is 11.4 Å². The van der Waals surface area contributed by atoms with Crippen molar-refractivity contribution in [2.45, 2.75) is 5.03 Å². The van der Waals surface area contributed by atoms with E-state index in [9.17, 15) is 0 Å². The summed E-state index contributed by atoms with van der Waals surface area (Å²) in [5.41, 5.74) is 2.64. The van der Waals surface area contributed by atoms with Crippen molar-refractivity contribution in [2.75, 3.05) is 26.4 Å². The van der Waals surface area contributed by atoms with Gasteiger partial charge in [0.15, 0.2) is 11.5 Å². The number of hydrogen-bond donors (Lipinski definition) is 1. The normalized spacial score (nSPS) is 11.4. The zero-order valence-electron chi connectivity index (χ0n) is 12.1. The molecule has 1 aromatic carbocycles. The van der Waals surface area contributed by atoms with Crippen molar-refractivity contribution in [3.63, 3.8) is 0 Å². The fraction of sp³-hybridized carbons (Fsp3) is 0.267. The molecule has 0 bridgehead atoms. The quantitative estimate of drug-likeness (QED) is 0.580. The molecule has 0 amide bonds. The Morgan fingerprint density at radius 1 is 1.14 bits per heavy atom. The third kappa shape index (κ3) is 3.22. The molecule has 0 atom stereocenters. The average molecular weight is 299 g/mol. The van der Waals surface area contributed by atoms with Gasteiger partial charge in [-0.1, -0.05) is 30.3 Å². The van der Waals surface area contributed by atoms with Gasteiger partial charge in [0, 0.05) is 17.9 Å². The first-order chi connectivity index (χ1) is 10.2. The molecule has 3 aromatic rings. The zero-order valence-corrected chi connectivity index (χ0v) is 12.9. The maximum absolute atomic E-state index is 4.70. The third-order valence-corrected chi connectivity index (χ3v) is 4.02. The molecule has 0 aliphatic heterocycles. The predicted molar refractivity (Wildman–Crippen MR) is 86.4 cm³/mol. The second-order valence-electron chi connectivity index (χ2n) is 4.97. The third-order valence-electron chi connectivity index (χ3n) is 3.06. The summed E-state index contributed by atoms with van der Waals surface area (Å²) in [5, 5.41) is 0.957. The molecule has 21 heavy (non-hydrogen) atoms. The Kier molecular flexibility index (Phi) is 4.17. The highest BCUT2D eigenvalue weighted by atomic mass is 32.2. The van der Waals surface area contributed by atoms with E-state index in [1.54, 1.807) is 18.1 Å². The Hall–Kier alpha value is -1.92. The van der Waals surface area contributed by atoms with Crippen LogP contribution in [0.3, 0.4) is 0 Å². The Labute approximate surface area is 127 Å². The number of thioether (sulfide) groups is 1. The van der Waals surface area contributed by atoms with Gasteiger partial charge in [0.1, 0.15) is 10.5 Å². The Morgan fingerprint density at radius 3 is 2.71 bits per heavy atom. The number of H-pyrrole nitrogens is 1. The fourth-order valence-electron chi connectivity index (χ4n) is 1.95. The number of nitrogens with zero attached hydrogens (tertiary/aromatic N) is 4. The van der Waals surface area contributed by atoms with Crippen molar-refractivity contribution in [3.05, 3.63) is 36.7 Å². The highest BCUT2D eigenvalue weighted by Gasteiger charge is 2.11. The van der Waals surface area contributed by atoms with Crippen LogP contribution in [0.15, 0.2) is 41.7 Å². The number of imidazole rings is 1. The summed E-state index contributed by atoms with van der Waals surface area (Å²) in [5.74, 6) is 1.70. The van der Waals surface area contributed by atoms with Crippen LogP contribution in [-0.2, 0) is 0 Å². The summed E-state index contributed by atoms with van der Waals surface area (Å²) in [6, 6.07) is 10.0. The van der Waals surface area contributed by atoms with E-state index in [1.807, 2.05) is 30.3 Å². The molecule has 0 saturated carbocycles. The van der Waals surface area contributed by atoms with Gasteiger partial charge in [-0.2, -0.15) is 0 Å². The van der Waals surface area contributed by atoms with Crippen LogP contribution in [0, 0.1) is 0 Å². The lowest BCUT2D eigenvalue weighted by atomic mass is 10.2. The van der Waals surface area contributed by atoms with Crippen molar-refractivity contribution in [1.82, 2.24) is 24.8 Å². The number of benzene rings is 1. The molecule has 108 valence electrons. The number of aromatic nitrogens is 4. The molecule has 2 heterocycles. The highest BCUT2D eigenvalue weighted by molar-refractivity contribution is 7.99. The molecule has 0 unspecified atom stereocenters. The second-order valence-corrected chi connectivity index (χ2v) is 6.05. The molecule has 0 spiro atoms. The molecule has 6 heteroatoms. The number of nitrogens with one attached hydrogen (secondary N) is 1. The summed E-state index contributed by atoms with van der Waals surface area (Å²) < 4.78 is 0. The van der Waals surface area contributed by atoms with Gasteiger partial charge in [0.25, 0.3) is 0 Å². The monoisotopic (exact) mass is 299 g/mol. The molecule has 0 aliphatic carbocycles. The molecule has 0 aliphatic rings. The second kappa shape index (κ2) is 6.24. The topological polar surface area (TPSA) is 57.7 Å². The number of rotatable bonds is 5. The van der Waals surface area contributed by atoms with Crippen LogP contribution in [0.2, 0.25) is 0 Å². The Balaban J connectivity index is 1.96. The average Bonchev–Trinajstić information content (AvgIpc) is 2.96. The summed E-state index contributed by atoms with van der Waals surface area (Å²) in [6.45, 7) is 1.00. The Bertz CT molecular complexity index is 723. The van der Waals surface area contributed by atoms with Crippen LogP contribution in [-0.4, -0.2) is 51.2 Å². The molecule has 1 N–H and O–H groups in total. The standard InChI is InChI=1S/C15H17N5S/c1-20(2)8-9-21-15-12-14(17-10-16-12)18-13(19-15)11-6-4-3-5-7-11/h3-7,10H,8-9H2,1-2H3,(H,16,17,18,19). The van der Waals surface area contributed by atoms with Gasteiger partial charge in [0.05, 0.1) is 6.33 Å².